The molecule has 0 rings (SSSR count). The number of hydrogen-bond donors (Lipinski definition) is 0. The molecule has 0 saturated carbocycles. The van der Waals surface area contributed by atoms with E-state index in [9.17, 15) is 9.59 Å². The molecule has 10 heavy (non-hydrogen) atoms. The van der Waals surface area contributed by atoms with Gasteiger partial charge in [0.1, 0.15) is 0 Å². The highest BCUT2D eigenvalue weighted by Gasteiger charge is 2.01. The summed E-state index contributed by atoms with van der Waals surface area (Å²) in [7, 11) is 0. The second-order valence-corrected chi connectivity index (χ2v) is 1.83. The van der Waals surface area contributed by atoms with Crippen LogP contribution in [0.25, 0.3) is 0 Å². The van der Waals surface area contributed by atoms with E-state index < -0.39 is 5.97 Å². The summed E-state index contributed by atoms with van der Waals surface area (Å²) in [5.41, 5.74) is 0. The molecule has 0 N–H and O–H groups in total. The van der Waals surface area contributed by atoms with E-state index in [2.05, 4.69) is 4.84 Å². The minimum absolute atomic E-state index is 0.448. The van der Waals surface area contributed by atoms with Gasteiger partial charge in [-0.3, -0.25) is 9.59 Å². The maximum atomic E-state index is 10.3. The first kappa shape index (κ1) is 8.94. The van der Waals surface area contributed by atoms with E-state index in [0.717, 1.165) is 11.5 Å². The molecule has 0 aliphatic carbocycles. The van der Waals surface area contributed by atoms with Gasteiger partial charge < -0.3 is 4.84 Å². The Kier molecular flexibility index (Phi) is 4.28. The van der Waals surface area contributed by atoms with Crippen molar-refractivity contribution in [1.82, 2.24) is 5.06 Å². The van der Waals surface area contributed by atoms with Gasteiger partial charge in [0.2, 0.25) is 6.41 Å². The zero-order valence-electron chi connectivity index (χ0n) is 6.16. The van der Waals surface area contributed by atoms with E-state index in [4.69, 9.17) is 0 Å². The molecule has 0 radical (unpaired) electrons. The monoisotopic (exact) mass is 145 g/mol. The Bertz CT molecular complexity index is 124. The quantitative estimate of drug-likeness (QED) is 0.423. The zero-order chi connectivity index (χ0) is 7.98. The van der Waals surface area contributed by atoms with E-state index in [1.807, 2.05) is 6.92 Å². The van der Waals surface area contributed by atoms with Gasteiger partial charge in [-0.25, -0.2) is 0 Å². The molecule has 0 aromatic heterocycles. The molecule has 0 fully saturated rings. The molecule has 4 nitrogen and oxygen atoms in total. The average Bonchev–Trinajstić information content (AvgIpc) is 1.86. The number of carbonyl (C=O) groups is 2. The Labute approximate surface area is 59.7 Å². The van der Waals surface area contributed by atoms with Gasteiger partial charge >= 0.3 is 5.97 Å². The molecule has 0 unspecified atom stereocenters. The first-order valence-corrected chi connectivity index (χ1v) is 3.11. The summed E-state index contributed by atoms with van der Waals surface area (Å²) in [5.74, 6) is -0.472. The van der Waals surface area contributed by atoms with Crippen molar-refractivity contribution in [1.29, 1.82) is 0 Å². The molecule has 0 saturated heterocycles. The fourth-order valence-electron chi connectivity index (χ4n) is 0.505. The van der Waals surface area contributed by atoms with Gasteiger partial charge in [0.15, 0.2) is 0 Å². The van der Waals surface area contributed by atoms with E-state index in [1.54, 1.807) is 0 Å². The van der Waals surface area contributed by atoms with Crippen LogP contribution in [0.2, 0.25) is 0 Å². The van der Waals surface area contributed by atoms with Crippen LogP contribution in [0.5, 0.6) is 0 Å². The van der Waals surface area contributed by atoms with Crippen LogP contribution >= 0.6 is 0 Å². The second-order valence-electron chi connectivity index (χ2n) is 1.83. The summed E-state index contributed by atoms with van der Waals surface area (Å²) in [5, 5.41) is 0.975. The van der Waals surface area contributed by atoms with Crippen molar-refractivity contribution in [2.24, 2.45) is 0 Å². The van der Waals surface area contributed by atoms with E-state index in [1.165, 1.54) is 6.92 Å². The topological polar surface area (TPSA) is 46.6 Å². The molecule has 0 spiro atoms. The summed E-state index contributed by atoms with van der Waals surface area (Å²) >= 11 is 0. The van der Waals surface area contributed by atoms with Crippen molar-refractivity contribution in [2.45, 2.75) is 20.3 Å². The van der Waals surface area contributed by atoms with Crippen molar-refractivity contribution in [3.05, 3.63) is 0 Å². The Balaban J connectivity index is 3.59. The van der Waals surface area contributed by atoms with Crippen LogP contribution in [0.3, 0.4) is 0 Å². The zero-order valence-corrected chi connectivity index (χ0v) is 6.16. The predicted octanol–water partition coefficient (Wildman–Crippen LogP) is 0.333. The van der Waals surface area contributed by atoms with Crippen molar-refractivity contribution in [2.75, 3.05) is 6.54 Å². The van der Waals surface area contributed by atoms with Gasteiger partial charge in [-0.05, 0) is 6.42 Å². The van der Waals surface area contributed by atoms with Gasteiger partial charge in [0.25, 0.3) is 0 Å². The number of amides is 1. The lowest BCUT2D eigenvalue weighted by Crippen LogP contribution is -2.25. The van der Waals surface area contributed by atoms with Crippen molar-refractivity contribution in [3.8, 4) is 0 Å². The van der Waals surface area contributed by atoms with Crippen LogP contribution < -0.4 is 0 Å². The second kappa shape index (κ2) is 4.78. The summed E-state index contributed by atoms with van der Waals surface area (Å²) in [6, 6.07) is 0. The minimum atomic E-state index is -0.472. The Morgan fingerprint density at radius 1 is 1.70 bits per heavy atom. The SMILES string of the molecule is CCCN(C=O)OC(C)=O. The highest BCUT2D eigenvalue weighted by Crippen LogP contribution is 1.88. The van der Waals surface area contributed by atoms with Crippen molar-refractivity contribution >= 4 is 12.4 Å². The van der Waals surface area contributed by atoms with Crippen LogP contribution in [0.15, 0.2) is 0 Å². The summed E-state index contributed by atoms with van der Waals surface area (Å²) in [4.78, 5) is 24.8. The first-order chi connectivity index (χ1) is 4.70. The van der Waals surface area contributed by atoms with Gasteiger partial charge in [-0.15, -0.1) is 0 Å². The highest BCUT2D eigenvalue weighted by molar-refractivity contribution is 5.66. The third-order valence-corrected chi connectivity index (χ3v) is 0.807. The Morgan fingerprint density at radius 2 is 2.30 bits per heavy atom. The molecule has 0 atom stereocenters. The van der Waals surface area contributed by atoms with Gasteiger partial charge in [0, 0.05) is 6.92 Å². The molecule has 4 heteroatoms. The summed E-state index contributed by atoms with van der Waals surface area (Å²) < 4.78 is 0. The molecular weight excluding hydrogens is 134 g/mol. The lowest BCUT2D eigenvalue weighted by Gasteiger charge is -2.12. The van der Waals surface area contributed by atoms with Crippen LogP contribution in [0, 0.1) is 0 Å². The van der Waals surface area contributed by atoms with Crippen molar-refractivity contribution in [3.63, 3.8) is 0 Å². The van der Waals surface area contributed by atoms with Gasteiger partial charge in [0.05, 0.1) is 6.54 Å². The average molecular weight is 145 g/mol. The number of carbonyl (C=O) groups excluding carboxylic acids is 2. The van der Waals surface area contributed by atoms with Crippen LogP contribution in [-0.4, -0.2) is 24.0 Å². The molecule has 0 aromatic carbocycles. The molecular formula is C6H11NO3. The van der Waals surface area contributed by atoms with Gasteiger partial charge in [-0.1, -0.05) is 6.92 Å². The van der Waals surface area contributed by atoms with E-state index in [0.29, 0.717) is 13.0 Å². The Hall–Kier alpha value is -1.06. The molecule has 0 aliphatic rings. The number of hydrogen-bond acceptors (Lipinski definition) is 3. The molecule has 1 amide bonds. The Morgan fingerprint density at radius 3 is 2.60 bits per heavy atom. The number of nitrogens with zero attached hydrogens (tertiary/aromatic N) is 1. The fourth-order valence-corrected chi connectivity index (χ4v) is 0.505. The number of rotatable bonds is 4. The third kappa shape index (κ3) is 3.88. The smallest absolute Gasteiger partial charge is 0.329 e. The summed E-state index contributed by atoms with van der Waals surface area (Å²) in [6.07, 6.45) is 1.26. The highest BCUT2D eigenvalue weighted by atomic mass is 16.7. The maximum Gasteiger partial charge on any atom is 0.329 e. The third-order valence-electron chi connectivity index (χ3n) is 0.807. The molecule has 0 aliphatic heterocycles. The number of hydroxylamine groups is 2. The lowest BCUT2D eigenvalue weighted by atomic mass is 10.5. The molecule has 0 aromatic rings. The normalized spacial score (nSPS) is 8.60. The maximum absolute atomic E-state index is 10.3. The standard InChI is InChI=1S/C6H11NO3/c1-3-4-7(5-8)10-6(2)9/h5H,3-4H2,1-2H3. The summed E-state index contributed by atoms with van der Waals surface area (Å²) in [6.45, 7) is 3.59. The van der Waals surface area contributed by atoms with E-state index >= 15 is 0 Å². The van der Waals surface area contributed by atoms with Gasteiger partial charge in [-0.2, -0.15) is 5.06 Å². The van der Waals surface area contributed by atoms with Crippen molar-refractivity contribution < 1.29 is 14.4 Å². The predicted molar refractivity (Wildman–Crippen MR) is 34.8 cm³/mol. The molecule has 0 bridgehead atoms. The van der Waals surface area contributed by atoms with Crippen LogP contribution in [0.4, 0.5) is 0 Å². The van der Waals surface area contributed by atoms with E-state index in [-0.39, 0.29) is 0 Å². The first-order valence-electron chi connectivity index (χ1n) is 3.11. The molecule has 0 heterocycles. The minimum Gasteiger partial charge on any atom is -0.339 e. The fraction of sp³-hybridized carbons (Fsp3) is 0.667. The lowest BCUT2D eigenvalue weighted by molar-refractivity contribution is -0.188. The van der Waals surface area contributed by atoms with Crippen LogP contribution in [0.1, 0.15) is 20.3 Å². The molecule has 58 valence electrons. The largest absolute Gasteiger partial charge is 0.339 e. The van der Waals surface area contributed by atoms with Crippen LogP contribution in [-0.2, 0) is 14.4 Å².